The van der Waals surface area contributed by atoms with E-state index in [4.69, 9.17) is 0 Å². The van der Waals surface area contributed by atoms with Crippen molar-refractivity contribution >= 4 is 16.7 Å². The average Bonchev–Trinajstić information content (AvgIpc) is 2.74. The Morgan fingerprint density at radius 3 is 2.65 bits per heavy atom. The lowest BCUT2D eigenvalue weighted by molar-refractivity contribution is 0.765. The highest BCUT2D eigenvalue weighted by atomic mass is 15.3. The van der Waals surface area contributed by atoms with Gasteiger partial charge in [-0.15, -0.1) is 10.2 Å². The van der Waals surface area contributed by atoms with E-state index in [-0.39, 0.29) is 0 Å². The van der Waals surface area contributed by atoms with Crippen molar-refractivity contribution in [1.82, 2.24) is 19.6 Å². The molecule has 0 amide bonds. The zero-order chi connectivity index (χ0) is 12.0. The molecule has 0 saturated heterocycles. The fourth-order valence-electron chi connectivity index (χ4n) is 2.12. The Morgan fingerprint density at radius 1 is 1.12 bits per heavy atom. The Balaban J connectivity index is 2.56. The van der Waals surface area contributed by atoms with Crippen molar-refractivity contribution in [3.8, 4) is 0 Å². The number of nitrogens with zero attached hydrogens (tertiary/aromatic N) is 4. The van der Waals surface area contributed by atoms with Gasteiger partial charge in [-0.3, -0.25) is 4.40 Å². The van der Waals surface area contributed by atoms with Gasteiger partial charge in [-0.05, 0) is 19.1 Å². The number of para-hydroxylation sites is 2. The van der Waals surface area contributed by atoms with Gasteiger partial charge in [-0.2, -0.15) is 0 Å². The van der Waals surface area contributed by atoms with E-state index in [1.165, 1.54) is 0 Å². The minimum atomic E-state index is 0.343. The van der Waals surface area contributed by atoms with E-state index in [1.54, 1.807) is 0 Å². The molecule has 0 aliphatic rings. The lowest BCUT2D eigenvalue weighted by atomic mass is 10.2. The summed E-state index contributed by atoms with van der Waals surface area (Å²) in [5.74, 6) is 1.33. The van der Waals surface area contributed by atoms with Crippen molar-refractivity contribution in [2.45, 2.75) is 26.7 Å². The van der Waals surface area contributed by atoms with Crippen molar-refractivity contribution in [2.24, 2.45) is 0 Å². The third kappa shape index (κ3) is 1.40. The molecule has 0 fully saturated rings. The van der Waals surface area contributed by atoms with Crippen LogP contribution in [0.15, 0.2) is 24.3 Å². The molecule has 86 valence electrons. The Kier molecular flexibility index (Phi) is 2.11. The highest BCUT2D eigenvalue weighted by Gasteiger charge is 2.14. The van der Waals surface area contributed by atoms with Gasteiger partial charge in [0.15, 0.2) is 5.65 Å². The minimum absolute atomic E-state index is 0.343. The van der Waals surface area contributed by atoms with Crippen LogP contribution in [0.4, 0.5) is 0 Å². The molecule has 0 N–H and O–H groups in total. The van der Waals surface area contributed by atoms with Crippen LogP contribution in [0.2, 0.25) is 0 Å². The Hall–Kier alpha value is -1.97. The number of hydrogen-bond acceptors (Lipinski definition) is 3. The van der Waals surface area contributed by atoms with Crippen molar-refractivity contribution in [3.63, 3.8) is 0 Å². The molecule has 0 spiro atoms. The first-order chi connectivity index (χ1) is 8.18. The van der Waals surface area contributed by atoms with Crippen molar-refractivity contribution in [3.05, 3.63) is 35.8 Å². The van der Waals surface area contributed by atoms with Crippen LogP contribution in [0, 0.1) is 6.92 Å². The van der Waals surface area contributed by atoms with Crippen LogP contribution in [0.1, 0.15) is 31.3 Å². The SMILES string of the molecule is Cc1nc2ccccc2n2c(C(C)C)nnc12. The summed E-state index contributed by atoms with van der Waals surface area (Å²) in [5.41, 5.74) is 3.83. The van der Waals surface area contributed by atoms with Crippen LogP contribution in [0.25, 0.3) is 16.7 Å². The molecule has 3 rings (SSSR count). The number of benzene rings is 1. The van der Waals surface area contributed by atoms with Crippen molar-refractivity contribution in [1.29, 1.82) is 0 Å². The van der Waals surface area contributed by atoms with Crippen LogP contribution in [-0.4, -0.2) is 19.6 Å². The summed E-state index contributed by atoms with van der Waals surface area (Å²) in [7, 11) is 0. The van der Waals surface area contributed by atoms with Crippen molar-refractivity contribution < 1.29 is 0 Å². The molecule has 1 aromatic carbocycles. The lowest BCUT2D eigenvalue weighted by Gasteiger charge is -2.07. The molecule has 0 bridgehead atoms. The Labute approximate surface area is 99.3 Å². The van der Waals surface area contributed by atoms with Gasteiger partial charge in [0.2, 0.25) is 0 Å². The van der Waals surface area contributed by atoms with Gasteiger partial charge < -0.3 is 0 Å². The van der Waals surface area contributed by atoms with E-state index >= 15 is 0 Å². The second kappa shape index (κ2) is 3.52. The topological polar surface area (TPSA) is 43.1 Å². The molecule has 3 aromatic rings. The quantitative estimate of drug-likeness (QED) is 0.640. The largest absolute Gasteiger partial charge is 0.276 e. The predicted molar refractivity (Wildman–Crippen MR) is 67.1 cm³/mol. The lowest BCUT2D eigenvalue weighted by Crippen LogP contribution is -2.01. The second-order valence-corrected chi connectivity index (χ2v) is 4.56. The van der Waals surface area contributed by atoms with Gasteiger partial charge in [-0.1, -0.05) is 26.0 Å². The molecule has 4 nitrogen and oxygen atoms in total. The molecule has 0 aliphatic carbocycles. The van der Waals surface area contributed by atoms with Crippen LogP contribution in [-0.2, 0) is 0 Å². The smallest absolute Gasteiger partial charge is 0.182 e. The van der Waals surface area contributed by atoms with Crippen LogP contribution in [0.3, 0.4) is 0 Å². The molecule has 2 heterocycles. The first-order valence-corrected chi connectivity index (χ1v) is 5.79. The monoisotopic (exact) mass is 226 g/mol. The summed E-state index contributed by atoms with van der Waals surface area (Å²) in [6.07, 6.45) is 0. The molecule has 2 aromatic heterocycles. The molecular weight excluding hydrogens is 212 g/mol. The molecule has 0 unspecified atom stereocenters. The summed E-state index contributed by atoms with van der Waals surface area (Å²) in [5, 5.41) is 8.52. The zero-order valence-electron chi connectivity index (χ0n) is 10.2. The van der Waals surface area contributed by atoms with E-state index in [0.717, 1.165) is 28.2 Å². The van der Waals surface area contributed by atoms with E-state index in [9.17, 15) is 0 Å². The van der Waals surface area contributed by atoms with Gasteiger partial charge in [0.25, 0.3) is 0 Å². The number of fused-ring (bicyclic) bond motifs is 3. The highest BCUT2D eigenvalue weighted by molar-refractivity contribution is 5.78. The van der Waals surface area contributed by atoms with Gasteiger partial charge >= 0.3 is 0 Å². The maximum Gasteiger partial charge on any atom is 0.182 e. The first kappa shape index (κ1) is 10.2. The molecule has 0 aliphatic heterocycles. The molecule has 4 heteroatoms. The summed E-state index contributed by atoms with van der Waals surface area (Å²) in [4.78, 5) is 4.55. The third-order valence-corrected chi connectivity index (χ3v) is 2.94. The Bertz CT molecular complexity index is 697. The summed E-state index contributed by atoms with van der Waals surface area (Å²) < 4.78 is 2.11. The van der Waals surface area contributed by atoms with Crippen LogP contribution >= 0.6 is 0 Å². The van der Waals surface area contributed by atoms with Gasteiger partial charge in [-0.25, -0.2) is 4.98 Å². The maximum atomic E-state index is 4.55. The first-order valence-electron chi connectivity index (χ1n) is 5.79. The standard InChI is InChI=1S/C13H14N4/c1-8(2)12-15-16-13-9(3)14-10-6-4-5-7-11(10)17(12)13/h4-8H,1-3H3. The van der Waals surface area contributed by atoms with E-state index in [0.29, 0.717) is 5.92 Å². The number of aryl methyl sites for hydroxylation is 1. The summed E-state index contributed by atoms with van der Waals surface area (Å²) in [6, 6.07) is 8.10. The zero-order valence-corrected chi connectivity index (χ0v) is 10.2. The van der Waals surface area contributed by atoms with Gasteiger partial charge in [0, 0.05) is 5.92 Å². The van der Waals surface area contributed by atoms with Crippen LogP contribution in [0.5, 0.6) is 0 Å². The molecule has 0 saturated carbocycles. The predicted octanol–water partition coefficient (Wildman–Crippen LogP) is 2.71. The van der Waals surface area contributed by atoms with Crippen LogP contribution < -0.4 is 0 Å². The molecular formula is C13H14N4. The maximum absolute atomic E-state index is 4.55. The third-order valence-electron chi connectivity index (χ3n) is 2.94. The second-order valence-electron chi connectivity index (χ2n) is 4.56. The molecule has 0 atom stereocenters. The Morgan fingerprint density at radius 2 is 1.88 bits per heavy atom. The molecule has 17 heavy (non-hydrogen) atoms. The fourth-order valence-corrected chi connectivity index (χ4v) is 2.12. The normalized spacial score (nSPS) is 11.8. The molecule has 0 radical (unpaired) electrons. The van der Waals surface area contributed by atoms with Gasteiger partial charge in [0.1, 0.15) is 5.82 Å². The minimum Gasteiger partial charge on any atom is -0.276 e. The summed E-state index contributed by atoms with van der Waals surface area (Å²) >= 11 is 0. The van der Waals surface area contributed by atoms with Crippen molar-refractivity contribution in [2.75, 3.05) is 0 Å². The number of hydrogen-bond donors (Lipinski definition) is 0. The number of rotatable bonds is 1. The summed E-state index contributed by atoms with van der Waals surface area (Å²) in [6.45, 7) is 6.22. The van der Waals surface area contributed by atoms with E-state index in [1.807, 2.05) is 25.1 Å². The van der Waals surface area contributed by atoms with E-state index < -0.39 is 0 Å². The van der Waals surface area contributed by atoms with Gasteiger partial charge in [0.05, 0.1) is 16.7 Å². The highest BCUT2D eigenvalue weighted by Crippen LogP contribution is 2.21. The number of aromatic nitrogens is 4. The van der Waals surface area contributed by atoms with E-state index in [2.05, 4.69) is 39.5 Å². The fraction of sp³-hybridized carbons (Fsp3) is 0.308. The average molecular weight is 226 g/mol.